The lowest BCUT2D eigenvalue weighted by Crippen LogP contribution is -2.30. The van der Waals surface area contributed by atoms with Gasteiger partial charge in [0.05, 0.1) is 0 Å². The van der Waals surface area contributed by atoms with E-state index < -0.39 is 0 Å². The van der Waals surface area contributed by atoms with Crippen LogP contribution in [0.3, 0.4) is 0 Å². The second kappa shape index (κ2) is 9.18. The Balaban J connectivity index is 2.36. The maximum atomic E-state index is 3.54. The molecule has 114 valence electrons. The van der Waals surface area contributed by atoms with E-state index in [1.165, 1.54) is 49.7 Å². The van der Waals surface area contributed by atoms with Crippen LogP contribution in [0.15, 0.2) is 24.3 Å². The molecular weight excluding hydrogens is 242 g/mol. The van der Waals surface area contributed by atoms with E-state index in [-0.39, 0.29) is 0 Å². The second-order valence-electron chi connectivity index (χ2n) is 6.76. The first-order valence-corrected chi connectivity index (χ1v) is 8.36. The van der Waals surface area contributed by atoms with E-state index >= 15 is 0 Å². The Labute approximate surface area is 126 Å². The zero-order valence-electron chi connectivity index (χ0n) is 14.0. The summed E-state index contributed by atoms with van der Waals surface area (Å²) in [5, 5.41) is 3.54. The third kappa shape index (κ3) is 7.09. The molecule has 0 aromatic heterocycles. The zero-order chi connectivity index (χ0) is 14.8. The van der Waals surface area contributed by atoms with Gasteiger partial charge in [-0.15, -0.1) is 0 Å². The van der Waals surface area contributed by atoms with E-state index in [0.717, 1.165) is 13.1 Å². The second-order valence-corrected chi connectivity index (χ2v) is 6.76. The molecule has 0 aliphatic heterocycles. The molecule has 0 atom stereocenters. The first-order chi connectivity index (χ1) is 9.57. The van der Waals surface area contributed by atoms with E-state index in [9.17, 15) is 0 Å². The topological polar surface area (TPSA) is 12.0 Å². The van der Waals surface area contributed by atoms with Gasteiger partial charge in [0, 0.05) is 6.54 Å². The monoisotopic (exact) mass is 275 g/mol. The first kappa shape index (κ1) is 17.2. The Bertz CT molecular complexity index is 351. The minimum absolute atomic E-state index is 0.385. The lowest BCUT2D eigenvalue weighted by molar-refractivity contribution is 0.315. The summed E-state index contributed by atoms with van der Waals surface area (Å²) in [4.78, 5) is 0. The number of benzene rings is 1. The van der Waals surface area contributed by atoms with Gasteiger partial charge in [0.2, 0.25) is 0 Å². The van der Waals surface area contributed by atoms with Crippen molar-refractivity contribution in [3.8, 4) is 0 Å². The largest absolute Gasteiger partial charge is 0.316 e. The van der Waals surface area contributed by atoms with E-state index in [1.807, 2.05) is 0 Å². The molecule has 0 saturated heterocycles. The lowest BCUT2D eigenvalue weighted by atomic mass is 9.86. The van der Waals surface area contributed by atoms with Crippen molar-refractivity contribution in [2.75, 3.05) is 13.1 Å². The Morgan fingerprint density at radius 3 is 2.05 bits per heavy atom. The summed E-state index contributed by atoms with van der Waals surface area (Å²) in [6, 6.07) is 9.27. The van der Waals surface area contributed by atoms with Crippen molar-refractivity contribution in [2.45, 2.75) is 66.2 Å². The van der Waals surface area contributed by atoms with Crippen molar-refractivity contribution in [2.24, 2.45) is 5.41 Å². The van der Waals surface area contributed by atoms with Gasteiger partial charge in [-0.3, -0.25) is 0 Å². The lowest BCUT2D eigenvalue weighted by Gasteiger charge is -2.25. The average molecular weight is 275 g/mol. The first-order valence-electron chi connectivity index (χ1n) is 8.36. The molecule has 0 fully saturated rings. The van der Waals surface area contributed by atoms with Crippen molar-refractivity contribution in [3.05, 3.63) is 35.4 Å². The molecule has 1 heteroatoms. The SMILES string of the molecule is CCCCc1ccc(CCC(C)(C)CNCCC)cc1. The minimum atomic E-state index is 0.385. The van der Waals surface area contributed by atoms with Crippen molar-refractivity contribution in [1.82, 2.24) is 5.32 Å². The van der Waals surface area contributed by atoms with Crippen LogP contribution in [-0.2, 0) is 12.8 Å². The highest BCUT2D eigenvalue weighted by Crippen LogP contribution is 2.22. The Morgan fingerprint density at radius 2 is 1.50 bits per heavy atom. The summed E-state index contributed by atoms with van der Waals surface area (Å²) in [5.74, 6) is 0. The quantitative estimate of drug-likeness (QED) is 0.593. The highest BCUT2D eigenvalue weighted by atomic mass is 14.9. The van der Waals surface area contributed by atoms with Gasteiger partial charge in [0.15, 0.2) is 0 Å². The normalized spacial score (nSPS) is 11.8. The van der Waals surface area contributed by atoms with Crippen LogP contribution in [0.1, 0.15) is 64.5 Å². The van der Waals surface area contributed by atoms with Crippen LogP contribution in [0, 0.1) is 5.41 Å². The summed E-state index contributed by atoms with van der Waals surface area (Å²) >= 11 is 0. The van der Waals surface area contributed by atoms with E-state index in [4.69, 9.17) is 0 Å². The van der Waals surface area contributed by atoms with Crippen LogP contribution < -0.4 is 5.32 Å². The number of nitrogens with one attached hydrogen (secondary N) is 1. The fraction of sp³-hybridized carbons (Fsp3) is 0.684. The van der Waals surface area contributed by atoms with Gasteiger partial charge in [-0.2, -0.15) is 0 Å². The van der Waals surface area contributed by atoms with Crippen LogP contribution in [-0.4, -0.2) is 13.1 Å². The summed E-state index contributed by atoms with van der Waals surface area (Å²) < 4.78 is 0. The van der Waals surface area contributed by atoms with Crippen LogP contribution in [0.25, 0.3) is 0 Å². The maximum absolute atomic E-state index is 3.54. The summed E-state index contributed by atoms with van der Waals surface area (Å²) in [6.45, 7) is 11.5. The van der Waals surface area contributed by atoms with Crippen molar-refractivity contribution >= 4 is 0 Å². The molecule has 0 spiro atoms. The number of hydrogen-bond acceptors (Lipinski definition) is 1. The zero-order valence-corrected chi connectivity index (χ0v) is 14.0. The predicted octanol–water partition coefficient (Wildman–Crippen LogP) is 4.99. The van der Waals surface area contributed by atoms with Crippen LogP contribution in [0.2, 0.25) is 0 Å². The molecule has 0 aliphatic rings. The van der Waals surface area contributed by atoms with E-state index in [0.29, 0.717) is 5.41 Å². The highest BCUT2D eigenvalue weighted by Gasteiger charge is 2.16. The molecule has 1 aromatic rings. The fourth-order valence-corrected chi connectivity index (χ4v) is 2.43. The maximum Gasteiger partial charge on any atom is 0.000263 e. The van der Waals surface area contributed by atoms with Crippen LogP contribution in [0.5, 0.6) is 0 Å². The average Bonchev–Trinajstić information content (AvgIpc) is 2.44. The number of hydrogen-bond donors (Lipinski definition) is 1. The number of unbranched alkanes of at least 4 members (excludes halogenated alkanes) is 1. The molecular formula is C19H33N. The molecule has 1 nitrogen and oxygen atoms in total. The Morgan fingerprint density at radius 1 is 0.900 bits per heavy atom. The van der Waals surface area contributed by atoms with Crippen molar-refractivity contribution in [3.63, 3.8) is 0 Å². The van der Waals surface area contributed by atoms with Crippen molar-refractivity contribution < 1.29 is 0 Å². The standard InChI is InChI=1S/C19H33N/c1-5-7-8-17-9-11-18(12-10-17)13-14-19(3,4)16-20-15-6-2/h9-12,20H,5-8,13-16H2,1-4H3. The number of aryl methyl sites for hydroxylation is 2. The third-order valence-corrected chi connectivity index (χ3v) is 3.96. The highest BCUT2D eigenvalue weighted by molar-refractivity contribution is 5.22. The predicted molar refractivity (Wildman–Crippen MR) is 90.3 cm³/mol. The molecule has 0 saturated carbocycles. The molecule has 0 heterocycles. The van der Waals surface area contributed by atoms with Gasteiger partial charge in [-0.05, 0) is 55.2 Å². The number of rotatable bonds is 10. The summed E-state index contributed by atoms with van der Waals surface area (Å²) in [5.41, 5.74) is 3.35. The molecule has 1 rings (SSSR count). The van der Waals surface area contributed by atoms with Crippen LogP contribution >= 0.6 is 0 Å². The van der Waals surface area contributed by atoms with Gasteiger partial charge < -0.3 is 5.32 Å². The van der Waals surface area contributed by atoms with Gasteiger partial charge in [-0.1, -0.05) is 58.4 Å². The van der Waals surface area contributed by atoms with Gasteiger partial charge in [-0.25, -0.2) is 0 Å². The van der Waals surface area contributed by atoms with Gasteiger partial charge in [0.1, 0.15) is 0 Å². The molecule has 1 aromatic carbocycles. The molecule has 20 heavy (non-hydrogen) atoms. The smallest absolute Gasteiger partial charge is 0.000263 e. The Kier molecular flexibility index (Phi) is 7.91. The van der Waals surface area contributed by atoms with Gasteiger partial charge in [0.25, 0.3) is 0 Å². The fourth-order valence-electron chi connectivity index (χ4n) is 2.43. The molecule has 0 bridgehead atoms. The van der Waals surface area contributed by atoms with Crippen molar-refractivity contribution in [1.29, 1.82) is 0 Å². The van der Waals surface area contributed by atoms with E-state index in [2.05, 4.69) is 57.3 Å². The third-order valence-electron chi connectivity index (χ3n) is 3.96. The molecule has 0 aliphatic carbocycles. The summed E-state index contributed by atoms with van der Waals surface area (Å²) in [6.07, 6.45) is 7.46. The van der Waals surface area contributed by atoms with Gasteiger partial charge >= 0.3 is 0 Å². The molecule has 0 amide bonds. The molecule has 1 N–H and O–H groups in total. The van der Waals surface area contributed by atoms with Crippen LogP contribution in [0.4, 0.5) is 0 Å². The van der Waals surface area contributed by atoms with E-state index in [1.54, 1.807) is 0 Å². The molecule has 0 radical (unpaired) electrons. The molecule has 0 unspecified atom stereocenters. The summed E-state index contributed by atoms with van der Waals surface area (Å²) in [7, 11) is 0. The minimum Gasteiger partial charge on any atom is -0.316 e. The Hall–Kier alpha value is -0.820.